The molecule has 1 aromatic carbocycles. The molecule has 0 aliphatic rings. The van der Waals surface area contributed by atoms with Gasteiger partial charge in [0, 0.05) is 17.1 Å². The van der Waals surface area contributed by atoms with E-state index in [0.29, 0.717) is 12.2 Å². The highest BCUT2D eigenvalue weighted by Crippen LogP contribution is 2.23. The fraction of sp³-hybridized carbons (Fsp3) is 0.0833. The van der Waals surface area contributed by atoms with E-state index in [0.717, 1.165) is 8.66 Å². The van der Waals surface area contributed by atoms with Crippen molar-refractivity contribution in [2.45, 2.75) is 6.54 Å². The monoisotopic (exact) mass is 328 g/mol. The molecule has 18 heavy (non-hydrogen) atoms. The summed E-state index contributed by atoms with van der Waals surface area (Å²) in [6, 6.07) is 8.17. The first kappa shape index (κ1) is 13.0. The van der Waals surface area contributed by atoms with Gasteiger partial charge in [-0.25, -0.2) is 4.39 Å². The van der Waals surface area contributed by atoms with Gasteiger partial charge in [-0.1, -0.05) is 0 Å². The van der Waals surface area contributed by atoms with Gasteiger partial charge in [-0.05, 0) is 46.3 Å². The highest BCUT2D eigenvalue weighted by molar-refractivity contribution is 9.11. The number of hydrogen-bond acceptors (Lipinski definition) is 3. The van der Waals surface area contributed by atoms with E-state index in [1.165, 1.54) is 12.1 Å². The van der Waals surface area contributed by atoms with Crippen LogP contribution in [0.5, 0.6) is 0 Å². The number of nitrogens with two attached hydrogens (primary N) is 1. The van der Waals surface area contributed by atoms with Crippen molar-refractivity contribution in [3.05, 3.63) is 50.4 Å². The van der Waals surface area contributed by atoms with Crippen molar-refractivity contribution in [1.82, 2.24) is 0 Å². The SMILES string of the molecule is NC(=O)c1cc(NCc2ccc(Br)s2)ccc1F. The number of primary amides is 1. The smallest absolute Gasteiger partial charge is 0.251 e. The third-order valence-corrected chi connectivity index (χ3v) is 3.95. The summed E-state index contributed by atoms with van der Waals surface area (Å²) in [6.07, 6.45) is 0. The van der Waals surface area contributed by atoms with Gasteiger partial charge >= 0.3 is 0 Å². The van der Waals surface area contributed by atoms with E-state index in [1.807, 2.05) is 12.1 Å². The Balaban J connectivity index is 2.10. The summed E-state index contributed by atoms with van der Waals surface area (Å²) in [4.78, 5) is 12.1. The van der Waals surface area contributed by atoms with Crippen molar-refractivity contribution in [2.75, 3.05) is 5.32 Å². The van der Waals surface area contributed by atoms with Crippen LogP contribution in [0.15, 0.2) is 34.1 Å². The van der Waals surface area contributed by atoms with Gasteiger partial charge in [0.2, 0.25) is 0 Å². The van der Waals surface area contributed by atoms with Gasteiger partial charge in [-0.2, -0.15) is 0 Å². The Kier molecular flexibility index (Phi) is 3.98. The topological polar surface area (TPSA) is 55.1 Å². The molecule has 1 amide bonds. The number of benzene rings is 1. The molecular weight excluding hydrogens is 319 g/mol. The summed E-state index contributed by atoms with van der Waals surface area (Å²) in [5.74, 6) is -1.37. The zero-order chi connectivity index (χ0) is 13.1. The van der Waals surface area contributed by atoms with Crippen LogP contribution in [-0.2, 0) is 6.54 Å². The minimum absolute atomic E-state index is 0.104. The minimum Gasteiger partial charge on any atom is -0.380 e. The zero-order valence-corrected chi connectivity index (χ0v) is 11.6. The molecule has 1 heterocycles. The second-order valence-electron chi connectivity index (χ2n) is 3.62. The number of amides is 1. The third-order valence-electron chi connectivity index (χ3n) is 2.33. The average molecular weight is 329 g/mol. The minimum atomic E-state index is -0.769. The van der Waals surface area contributed by atoms with E-state index in [-0.39, 0.29) is 5.56 Å². The lowest BCUT2D eigenvalue weighted by Gasteiger charge is -2.06. The van der Waals surface area contributed by atoms with Crippen LogP contribution in [0.3, 0.4) is 0 Å². The molecule has 0 unspecified atom stereocenters. The van der Waals surface area contributed by atoms with Crippen molar-refractivity contribution in [1.29, 1.82) is 0 Å². The maximum Gasteiger partial charge on any atom is 0.251 e. The van der Waals surface area contributed by atoms with Crippen molar-refractivity contribution >= 4 is 38.9 Å². The van der Waals surface area contributed by atoms with Gasteiger partial charge in [0.25, 0.3) is 5.91 Å². The Morgan fingerprint density at radius 2 is 2.17 bits per heavy atom. The maximum atomic E-state index is 13.3. The third kappa shape index (κ3) is 3.08. The lowest BCUT2D eigenvalue weighted by Crippen LogP contribution is -2.13. The number of carbonyl (C=O) groups excluding carboxylic acids is 1. The Labute approximate surface area is 116 Å². The van der Waals surface area contributed by atoms with Crippen molar-refractivity contribution in [2.24, 2.45) is 5.73 Å². The van der Waals surface area contributed by atoms with E-state index in [2.05, 4.69) is 21.2 Å². The Morgan fingerprint density at radius 3 is 2.78 bits per heavy atom. The molecule has 2 rings (SSSR count). The Hall–Kier alpha value is -1.40. The molecule has 0 saturated carbocycles. The number of hydrogen-bond donors (Lipinski definition) is 2. The molecule has 0 spiro atoms. The number of thiophene rings is 1. The van der Waals surface area contributed by atoms with Crippen molar-refractivity contribution < 1.29 is 9.18 Å². The van der Waals surface area contributed by atoms with Crippen LogP contribution in [0.25, 0.3) is 0 Å². The number of carbonyl (C=O) groups is 1. The first-order chi connectivity index (χ1) is 8.56. The molecule has 94 valence electrons. The standard InChI is InChI=1S/C12H10BrFN2OS/c13-11-4-2-8(18-11)6-16-7-1-3-10(14)9(5-7)12(15)17/h1-5,16H,6H2,(H2,15,17). The number of halogens is 2. The van der Waals surface area contributed by atoms with Gasteiger partial charge < -0.3 is 11.1 Å². The van der Waals surface area contributed by atoms with Crippen LogP contribution in [0.4, 0.5) is 10.1 Å². The second-order valence-corrected chi connectivity index (χ2v) is 6.17. The predicted molar refractivity (Wildman–Crippen MR) is 74.3 cm³/mol. The molecule has 0 aliphatic carbocycles. The number of nitrogens with one attached hydrogen (secondary N) is 1. The van der Waals surface area contributed by atoms with E-state index in [1.54, 1.807) is 17.4 Å². The molecule has 3 N–H and O–H groups in total. The van der Waals surface area contributed by atoms with Crippen LogP contribution >= 0.6 is 27.3 Å². The first-order valence-corrected chi connectivity index (χ1v) is 6.74. The van der Waals surface area contributed by atoms with Gasteiger partial charge in [-0.3, -0.25) is 4.79 Å². The lowest BCUT2D eigenvalue weighted by molar-refractivity contribution is 0.0996. The molecule has 1 aromatic heterocycles. The molecule has 2 aromatic rings. The highest BCUT2D eigenvalue weighted by atomic mass is 79.9. The summed E-state index contributed by atoms with van der Waals surface area (Å²) in [5, 5.41) is 3.11. The normalized spacial score (nSPS) is 10.3. The summed E-state index contributed by atoms with van der Waals surface area (Å²) < 4.78 is 14.3. The largest absolute Gasteiger partial charge is 0.380 e. The van der Waals surface area contributed by atoms with Gasteiger partial charge in [0.15, 0.2) is 0 Å². The molecule has 0 atom stereocenters. The molecule has 0 radical (unpaired) electrons. The molecule has 0 saturated heterocycles. The molecular formula is C12H10BrFN2OS. The first-order valence-electron chi connectivity index (χ1n) is 5.13. The second kappa shape index (κ2) is 5.49. The fourth-order valence-corrected chi connectivity index (χ4v) is 2.88. The van der Waals surface area contributed by atoms with Crippen LogP contribution in [0.2, 0.25) is 0 Å². The van der Waals surface area contributed by atoms with Crippen LogP contribution in [0, 0.1) is 5.82 Å². The average Bonchev–Trinajstić information content (AvgIpc) is 2.74. The van der Waals surface area contributed by atoms with E-state index in [4.69, 9.17) is 5.73 Å². The summed E-state index contributed by atoms with van der Waals surface area (Å²) in [5.41, 5.74) is 5.64. The van der Waals surface area contributed by atoms with E-state index >= 15 is 0 Å². The molecule has 0 fully saturated rings. The summed E-state index contributed by atoms with van der Waals surface area (Å²) in [6.45, 7) is 0.611. The molecule has 3 nitrogen and oxygen atoms in total. The Bertz CT molecular complexity index is 585. The predicted octanol–water partition coefficient (Wildman–Crippen LogP) is 3.36. The van der Waals surface area contributed by atoms with E-state index in [9.17, 15) is 9.18 Å². The van der Waals surface area contributed by atoms with Crippen LogP contribution < -0.4 is 11.1 Å². The molecule has 6 heteroatoms. The zero-order valence-electron chi connectivity index (χ0n) is 9.24. The summed E-state index contributed by atoms with van der Waals surface area (Å²) >= 11 is 4.99. The lowest BCUT2D eigenvalue weighted by atomic mass is 10.2. The highest BCUT2D eigenvalue weighted by Gasteiger charge is 2.08. The van der Waals surface area contributed by atoms with Crippen molar-refractivity contribution in [3.8, 4) is 0 Å². The molecule has 0 aliphatic heterocycles. The molecule has 0 bridgehead atoms. The van der Waals surface area contributed by atoms with E-state index < -0.39 is 11.7 Å². The van der Waals surface area contributed by atoms with Crippen molar-refractivity contribution in [3.63, 3.8) is 0 Å². The number of anilines is 1. The number of rotatable bonds is 4. The Morgan fingerprint density at radius 1 is 1.39 bits per heavy atom. The van der Waals surface area contributed by atoms with Gasteiger partial charge in [-0.15, -0.1) is 11.3 Å². The fourth-order valence-electron chi connectivity index (χ4n) is 1.46. The van der Waals surface area contributed by atoms with Crippen LogP contribution in [-0.4, -0.2) is 5.91 Å². The van der Waals surface area contributed by atoms with Crippen LogP contribution in [0.1, 0.15) is 15.2 Å². The van der Waals surface area contributed by atoms with Gasteiger partial charge in [0.1, 0.15) is 5.82 Å². The quantitative estimate of drug-likeness (QED) is 0.904. The summed E-state index contributed by atoms with van der Waals surface area (Å²) in [7, 11) is 0. The maximum absolute atomic E-state index is 13.3. The van der Waals surface area contributed by atoms with Gasteiger partial charge in [0.05, 0.1) is 9.35 Å².